The van der Waals surface area contributed by atoms with Crippen molar-refractivity contribution in [2.24, 2.45) is 5.73 Å². The molecule has 17 heavy (non-hydrogen) atoms. The van der Waals surface area contributed by atoms with Gasteiger partial charge in [-0.3, -0.25) is 9.69 Å². The van der Waals surface area contributed by atoms with Crippen LogP contribution in [0.25, 0.3) is 0 Å². The van der Waals surface area contributed by atoms with E-state index in [0.29, 0.717) is 24.0 Å². The molecule has 0 aromatic rings. The number of carbonyl (C=O) groups is 1. The van der Waals surface area contributed by atoms with E-state index in [1.807, 2.05) is 0 Å². The molecule has 3 rings (SSSR count). The van der Waals surface area contributed by atoms with Crippen LogP contribution in [0, 0.1) is 0 Å². The van der Waals surface area contributed by atoms with Crippen molar-refractivity contribution < 1.29 is 4.79 Å². The lowest BCUT2D eigenvalue weighted by atomic mass is 9.97. The second-order valence-electron chi connectivity index (χ2n) is 5.69. The van der Waals surface area contributed by atoms with Crippen molar-refractivity contribution >= 4 is 5.91 Å². The molecule has 3 heterocycles. The second kappa shape index (κ2) is 4.58. The second-order valence-corrected chi connectivity index (χ2v) is 5.69. The highest BCUT2D eigenvalue weighted by molar-refractivity contribution is 5.80. The van der Waals surface area contributed by atoms with Gasteiger partial charge in [-0.05, 0) is 38.6 Å². The minimum Gasteiger partial charge on any atom is -0.338 e. The highest BCUT2D eigenvalue weighted by atomic mass is 16.2. The molecule has 3 saturated heterocycles. The molecule has 3 fully saturated rings. The van der Waals surface area contributed by atoms with Gasteiger partial charge in [0.1, 0.15) is 0 Å². The number of rotatable bonds is 2. The molecule has 3 unspecified atom stereocenters. The van der Waals surface area contributed by atoms with E-state index in [4.69, 9.17) is 5.73 Å². The number of nitrogens with zero attached hydrogens (tertiary/aromatic N) is 2. The van der Waals surface area contributed by atoms with Gasteiger partial charge in [0, 0.05) is 37.6 Å². The number of likely N-dealkylation sites (tertiary alicyclic amines) is 1. The van der Waals surface area contributed by atoms with Crippen molar-refractivity contribution in [1.29, 1.82) is 0 Å². The summed E-state index contributed by atoms with van der Waals surface area (Å²) in [5, 5.41) is 0. The number of piperidine rings is 1. The van der Waals surface area contributed by atoms with Gasteiger partial charge in [-0.1, -0.05) is 0 Å². The maximum absolute atomic E-state index is 12.0. The van der Waals surface area contributed by atoms with Gasteiger partial charge in [0.05, 0.1) is 0 Å². The fraction of sp³-hybridized carbons (Fsp3) is 0.923. The maximum atomic E-state index is 12.0. The van der Waals surface area contributed by atoms with Gasteiger partial charge < -0.3 is 10.6 Å². The Balaban J connectivity index is 1.76. The van der Waals surface area contributed by atoms with E-state index in [2.05, 4.69) is 9.80 Å². The van der Waals surface area contributed by atoms with Gasteiger partial charge in [-0.25, -0.2) is 0 Å². The molecule has 2 N–H and O–H groups in total. The summed E-state index contributed by atoms with van der Waals surface area (Å²) in [6, 6.07) is 1.47. The molecule has 3 atom stereocenters. The summed E-state index contributed by atoms with van der Waals surface area (Å²) in [4.78, 5) is 16.7. The van der Waals surface area contributed by atoms with Crippen LogP contribution < -0.4 is 5.73 Å². The summed E-state index contributed by atoms with van der Waals surface area (Å²) in [7, 11) is 0. The molecule has 1 amide bonds. The van der Waals surface area contributed by atoms with Crippen molar-refractivity contribution in [3.05, 3.63) is 0 Å². The zero-order chi connectivity index (χ0) is 11.8. The third-order valence-electron chi connectivity index (χ3n) is 4.82. The summed E-state index contributed by atoms with van der Waals surface area (Å²) < 4.78 is 0. The fourth-order valence-electron chi connectivity index (χ4n) is 3.99. The summed E-state index contributed by atoms with van der Waals surface area (Å²) in [6.45, 7) is 2.88. The van der Waals surface area contributed by atoms with Crippen molar-refractivity contribution in [2.75, 3.05) is 19.6 Å². The predicted octanol–water partition coefficient (Wildman–Crippen LogP) is 0.563. The first-order valence-corrected chi connectivity index (χ1v) is 7.06. The van der Waals surface area contributed by atoms with E-state index in [1.165, 1.54) is 32.1 Å². The Morgan fingerprint density at radius 3 is 2.82 bits per heavy atom. The molecule has 0 spiro atoms. The molecule has 0 aromatic carbocycles. The predicted molar refractivity (Wildman–Crippen MR) is 66.5 cm³/mol. The molecule has 4 heteroatoms. The van der Waals surface area contributed by atoms with Crippen molar-refractivity contribution in [1.82, 2.24) is 9.80 Å². The van der Waals surface area contributed by atoms with Gasteiger partial charge in [0.15, 0.2) is 0 Å². The van der Waals surface area contributed by atoms with Gasteiger partial charge in [0.2, 0.25) is 5.91 Å². The van der Waals surface area contributed by atoms with E-state index in [-0.39, 0.29) is 0 Å². The fourth-order valence-corrected chi connectivity index (χ4v) is 3.99. The molecular weight excluding hydrogens is 214 g/mol. The largest absolute Gasteiger partial charge is 0.338 e. The number of hydrogen-bond donors (Lipinski definition) is 1. The Morgan fingerprint density at radius 2 is 2.00 bits per heavy atom. The van der Waals surface area contributed by atoms with Gasteiger partial charge in [-0.15, -0.1) is 0 Å². The smallest absolute Gasteiger partial charge is 0.224 e. The van der Waals surface area contributed by atoms with E-state index in [1.54, 1.807) is 0 Å². The number of nitrogens with two attached hydrogens (primary N) is 1. The Morgan fingerprint density at radius 1 is 1.12 bits per heavy atom. The molecule has 3 aliphatic rings. The van der Waals surface area contributed by atoms with Crippen molar-refractivity contribution in [2.45, 2.75) is 56.7 Å². The third kappa shape index (κ3) is 1.87. The lowest BCUT2D eigenvalue weighted by molar-refractivity contribution is -0.129. The quantitative estimate of drug-likeness (QED) is 0.763. The Bertz CT molecular complexity index is 307. The summed E-state index contributed by atoms with van der Waals surface area (Å²) in [6.07, 6.45) is 6.87. The average Bonchev–Trinajstić information content (AvgIpc) is 2.94. The highest BCUT2D eigenvalue weighted by Gasteiger charge is 2.45. The minimum absolute atomic E-state index is 0.377. The number of amides is 1. The first kappa shape index (κ1) is 11.5. The van der Waals surface area contributed by atoms with Crippen LogP contribution in [0.4, 0.5) is 0 Å². The van der Waals surface area contributed by atoms with Crippen LogP contribution in [0.1, 0.15) is 38.5 Å². The molecule has 0 bridgehead atoms. The van der Waals surface area contributed by atoms with Crippen molar-refractivity contribution in [3.63, 3.8) is 0 Å². The Kier molecular flexibility index (Phi) is 3.09. The topological polar surface area (TPSA) is 49.6 Å². The maximum Gasteiger partial charge on any atom is 0.224 e. The standard InChI is InChI=1S/C13H23N3O/c14-9-10-4-3-7-15(10)12-8-13(17)16-6-2-1-5-11(12)16/h10-12H,1-9,14H2. The molecule has 0 aromatic heterocycles. The number of fused-ring (bicyclic) bond motifs is 1. The molecular formula is C13H23N3O. The average molecular weight is 237 g/mol. The van der Waals surface area contributed by atoms with Crippen LogP contribution in [0.2, 0.25) is 0 Å². The van der Waals surface area contributed by atoms with E-state index < -0.39 is 0 Å². The molecule has 4 nitrogen and oxygen atoms in total. The first-order valence-electron chi connectivity index (χ1n) is 7.06. The summed E-state index contributed by atoms with van der Waals surface area (Å²) in [5.41, 5.74) is 5.85. The summed E-state index contributed by atoms with van der Waals surface area (Å²) in [5.74, 6) is 0.377. The van der Waals surface area contributed by atoms with Crippen LogP contribution >= 0.6 is 0 Å². The van der Waals surface area contributed by atoms with Crippen molar-refractivity contribution in [3.8, 4) is 0 Å². The minimum atomic E-state index is 0.377. The lowest BCUT2D eigenvalue weighted by Gasteiger charge is -2.38. The van der Waals surface area contributed by atoms with Crippen LogP contribution in [0.3, 0.4) is 0 Å². The van der Waals surface area contributed by atoms with E-state index in [0.717, 1.165) is 26.1 Å². The van der Waals surface area contributed by atoms with Crippen LogP contribution in [-0.4, -0.2) is 53.5 Å². The zero-order valence-corrected chi connectivity index (χ0v) is 10.5. The van der Waals surface area contributed by atoms with E-state index >= 15 is 0 Å². The number of hydrogen-bond acceptors (Lipinski definition) is 3. The zero-order valence-electron chi connectivity index (χ0n) is 10.5. The number of carbonyl (C=O) groups excluding carboxylic acids is 1. The lowest BCUT2D eigenvalue weighted by Crippen LogP contribution is -2.50. The Labute approximate surface area is 103 Å². The van der Waals surface area contributed by atoms with Gasteiger partial charge >= 0.3 is 0 Å². The third-order valence-corrected chi connectivity index (χ3v) is 4.82. The summed E-state index contributed by atoms with van der Waals surface area (Å²) >= 11 is 0. The normalized spacial score (nSPS) is 38.8. The van der Waals surface area contributed by atoms with Crippen LogP contribution in [-0.2, 0) is 4.79 Å². The van der Waals surface area contributed by atoms with Gasteiger partial charge in [-0.2, -0.15) is 0 Å². The van der Waals surface area contributed by atoms with Crippen LogP contribution in [0.5, 0.6) is 0 Å². The molecule has 3 aliphatic heterocycles. The Hall–Kier alpha value is -0.610. The molecule has 0 aliphatic carbocycles. The molecule has 0 radical (unpaired) electrons. The SMILES string of the molecule is NCC1CCCN1C1CC(=O)N2CCCCC12. The van der Waals surface area contributed by atoms with Gasteiger partial charge in [0.25, 0.3) is 0 Å². The molecule has 0 saturated carbocycles. The highest BCUT2D eigenvalue weighted by Crippen LogP contribution is 2.34. The van der Waals surface area contributed by atoms with Crippen LogP contribution in [0.15, 0.2) is 0 Å². The first-order chi connectivity index (χ1) is 8.31. The molecule has 96 valence electrons. The van der Waals surface area contributed by atoms with E-state index in [9.17, 15) is 4.79 Å². The monoisotopic (exact) mass is 237 g/mol.